The minimum absolute atomic E-state index is 0.321. The van der Waals surface area contributed by atoms with Gasteiger partial charge in [0.25, 0.3) is 0 Å². The van der Waals surface area contributed by atoms with Crippen molar-refractivity contribution in [2.75, 3.05) is 13.1 Å². The Balaban J connectivity index is 1.44. The zero-order chi connectivity index (χ0) is 23.7. The molecule has 0 spiro atoms. The number of sulfonamides is 1. The first-order chi connectivity index (χ1) is 16.5. The minimum atomic E-state index is -3.50. The molecule has 1 saturated heterocycles. The van der Waals surface area contributed by atoms with Crippen LogP contribution in [-0.2, 0) is 22.3 Å². The molecule has 0 bridgehead atoms. The van der Waals surface area contributed by atoms with E-state index in [4.69, 9.17) is 4.98 Å². The summed E-state index contributed by atoms with van der Waals surface area (Å²) < 4.78 is 32.1. The Bertz CT molecular complexity index is 1410. The van der Waals surface area contributed by atoms with Crippen LogP contribution in [0.5, 0.6) is 0 Å². The zero-order valence-electron chi connectivity index (χ0n) is 19.4. The molecule has 0 unspecified atom stereocenters. The topological polar surface area (TPSA) is 85.9 Å². The van der Waals surface area contributed by atoms with E-state index in [1.165, 1.54) is 0 Å². The van der Waals surface area contributed by atoms with E-state index in [9.17, 15) is 8.42 Å². The quantitative estimate of drug-likeness (QED) is 0.352. The summed E-state index contributed by atoms with van der Waals surface area (Å²) in [5.41, 5.74) is 2.66. The minimum Gasteiger partial charge on any atom is -0.328 e. The molecule has 1 fully saturated rings. The molecule has 0 N–H and O–H groups in total. The van der Waals surface area contributed by atoms with Crippen LogP contribution in [-0.4, -0.2) is 50.1 Å². The third-order valence-corrected chi connectivity index (χ3v) is 9.03. The standard InChI is InChI=1S/C24H28N6O2S2/c1-3-29-22-13-12-20(34(31,32)28-14-8-5-9-15-28)16-21(22)25-23(29)17-33-24-27-26-18(2)30(24)19-10-6-4-7-11-19/h4,6-7,10-13,16H,3,5,8-9,14-15,17H2,1-2H3. The number of rotatable bonds is 7. The summed E-state index contributed by atoms with van der Waals surface area (Å²) in [6, 6.07) is 15.4. The summed E-state index contributed by atoms with van der Waals surface area (Å²) >= 11 is 1.57. The van der Waals surface area contributed by atoms with Gasteiger partial charge in [0, 0.05) is 25.3 Å². The van der Waals surface area contributed by atoms with Crippen LogP contribution in [0.3, 0.4) is 0 Å². The number of hydrogen-bond acceptors (Lipinski definition) is 6. The first-order valence-electron chi connectivity index (χ1n) is 11.6. The van der Waals surface area contributed by atoms with Gasteiger partial charge < -0.3 is 4.57 Å². The Labute approximate surface area is 204 Å². The van der Waals surface area contributed by atoms with Gasteiger partial charge in [0.1, 0.15) is 11.6 Å². The van der Waals surface area contributed by atoms with Crippen LogP contribution in [0.1, 0.15) is 37.8 Å². The first kappa shape index (κ1) is 23.1. The fraction of sp³-hybridized carbons (Fsp3) is 0.375. The SMILES string of the molecule is CCn1c(CSc2nnc(C)n2-c2ccccc2)nc2cc(S(=O)(=O)N3CCCCC3)ccc21. The van der Waals surface area contributed by atoms with Gasteiger partial charge in [0.05, 0.1) is 21.7 Å². The van der Waals surface area contributed by atoms with Gasteiger partial charge in [-0.3, -0.25) is 4.57 Å². The van der Waals surface area contributed by atoms with E-state index in [0.717, 1.165) is 53.8 Å². The Hall–Kier alpha value is -2.69. The molecule has 1 aliphatic rings. The number of aromatic nitrogens is 5. The molecule has 0 saturated carbocycles. The zero-order valence-corrected chi connectivity index (χ0v) is 21.0. The average Bonchev–Trinajstić information content (AvgIpc) is 3.42. The lowest BCUT2D eigenvalue weighted by atomic mass is 10.2. The fourth-order valence-electron chi connectivity index (χ4n) is 4.48. The molecule has 10 heteroatoms. The fourth-order valence-corrected chi connectivity index (χ4v) is 6.96. The number of nitrogens with zero attached hydrogens (tertiary/aromatic N) is 6. The van der Waals surface area contributed by atoms with Crippen LogP contribution in [0.2, 0.25) is 0 Å². The van der Waals surface area contributed by atoms with Gasteiger partial charge in [-0.15, -0.1) is 10.2 Å². The van der Waals surface area contributed by atoms with E-state index >= 15 is 0 Å². The molecule has 0 amide bonds. The van der Waals surface area contributed by atoms with Crippen molar-refractivity contribution in [1.82, 2.24) is 28.6 Å². The predicted octanol–water partition coefficient (Wildman–Crippen LogP) is 4.41. The summed E-state index contributed by atoms with van der Waals surface area (Å²) in [6.45, 7) is 5.94. The van der Waals surface area contributed by atoms with E-state index in [1.54, 1.807) is 28.2 Å². The van der Waals surface area contributed by atoms with Crippen molar-refractivity contribution >= 4 is 32.8 Å². The van der Waals surface area contributed by atoms with Gasteiger partial charge in [-0.05, 0) is 57.0 Å². The normalized spacial score (nSPS) is 15.2. The van der Waals surface area contributed by atoms with Gasteiger partial charge >= 0.3 is 0 Å². The summed E-state index contributed by atoms with van der Waals surface area (Å²) in [6.07, 6.45) is 2.92. The third kappa shape index (κ3) is 4.25. The molecule has 4 aromatic rings. The van der Waals surface area contributed by atoms with Gasteiger partial charge in [-0.2, -0.15) is 4.31 Å². The Morgan fingerprint density at radius 1 is 1.00 bits per heavy atom. The number of thioether (sulfide) groups is 1. The second kappa shape index (κ2) is 9.52. The Morgan fingerprint density at radius 3 is 2.50 bits per heavy atom. The van der Waals surface area contributed by atoms with Crippen LogP contribution in [0.4, 0.5) is 0 Å². The monoisotopic (exact) mass is 496 g/mol. The molecule has 178 valence electrons. The second-order valence-corrected chi connectivity index (χ2v) is 11.3. The molecule has 2 aromatic carbocycles. The lowest BCUT2D eigenvalue weighted by Gasteiger charge is -2.25. The van der Waals surface area contributed by atoms with Crippen molar-refractivity contribution < 1.29 is 8.42 Å². The van der Waals surface area contributed by atoms with E-state index in [-0.39, 0.29) is 0 Å². The lowest BCUT2D eigenvalue weighted by Crippen LogP contribution is -2.35. The van der Waals surface area contributed by atoms with Crippen molar-refractivity contribution in [3.05, 3.63) is 60.2 Å². The summed E-state index contributed by atoms with van der Waals surface area (Å²) in [4.78, 5) is 5.15. The van der Waals surface area contributed by atoms with Crippen molar-refractivity contribution in [3.8, 4) is 5.69 Å². The maximum Gasteiger partial charge on any atom is 0.243 e. The third-order valence-electron chi connectivity index (χ3n) is 6.21. The highest BCUT2D eigenvalue weighted by Gasteiger charge is 2.26. The lowest BCUT2D eigenvalue weighted by molar-refractivity contribution is 0.346. The largest absolute Gasteiger partial charge is 0.328 e. The number of imidazole rings is 1. The van der Waals surface area contributed by atoms with Crippen LogP contribution >= 0.6 is 11.8 Å². The molecule has 0 aliphatic carbocycles. The van der Waals surface area contributed by atoms with Crippen molar-refractivity contribution in [2.24, 2.45) is 0 Å². The molecule has 2 aromatic heterocycles. The number of piperidine rings is 1. The molecule has 3 heterocycles. The highest BCUT2D eigenvalue weighted by atomic mass is 32.2. The van der Waals surface area contributed by atoms with Crippen LogP contribution < -0.4 is 0 Å². The van der Waals surface area contributed by atoms with Crippen molar-refractivity contribution in [1.29, 1.82) is 0 Å². The molecule has 0 atom stereocenters. The number of aryl methyl sites for hydroxylation is 2. The smallest absolute Gasteiger partial charge is 0.243 e. The van der Waals surface area contributed by atoms with Crippen LogP contribution in [0.25, 0.3) is 16.7 Å². The molecular formula is C24H28N6O2S2. The van der Waals surface area contributed by atoms with E-state index in [2.05, 4.69) is 21.7 Å². The maximum absolute atomic E-state index is 13.1. The number of fused-ring (bicyclic) bond motifs is 1. The molecular weight excluding hydrogens is 468 g/mol. The summed E-state index contributed by atoms with van der Waals surface area (Å²) in [5.74, 6) is 2.31. The summed E-state index contributed by atoms with van der Waals surface area (Å²) in [5, 5.41) is 9.43. The molecule has 1 aliphatic heterocycles. The second-order valence-electron chi connectivity index (χ2n) is 8.38. The first-order valence-corrected chi connectivity index (χ1v) is 14.0. The maximum atomic E-state index is 13.1. The van der Waals surface area contributed by atoms with E-state index in [1.807, 2.05) is 47.9 Å². The van der Waals surface area contributed by atoms with Crippen LogP contribution in [0, 0.1) is 6.92 Å². The average molecular weight is 497 g/mol. The van der Waals surface area contributed by atoms with Gasteiger partial charge in [0.2, 0.25) is 10.0 Å². The molecule has 8 nitrogen and oxygen atoms in total. The van der Waals surface area contributed by atoms with Gasteiger partial charge in [-0.25, -0.2) is 13.4 Å². The molecule has 0 radical (unpaired) electrons. The van der Waals surface area contributed by atoms with Crippen molar-refractivity contribution in [3.63, 3.8) is 0 Å². The van der Waals surface area contributed by atoms with Gasteiger partial charge in [0.15, 0.2) is 5.16 Å². The molecule has 34 heavy (non-hydrogen) atoms. The Morgan fingerprint density at radius 2 is 1.76 bits per heavy atom. The van der Waals surface area contributed by atoms with Gasteiger partial charge in [-0.1, -0.05) is 36.4 Å². The Kier molecular flexibility index (Phi) is 6.46. The van der Waals surface area contributed by atoms with E-state index < -0.39 is 10.0 Å². The predicted molar refractivity (Wildman–Crippen MR) is 134 cm³/mol. The number of hydrogen-bond donors (Lipinski definition) is 0. The highest BCUT2D eigenvalue weighted by molar-refractivity contribution is 7.98. The molecule has 5 rings (SSSR count). The highest BCUT2D eigenvalue weighted by Crippen LogP contribution is 2.29. The van der Waals surface area contributed by atoms with Crippen molar-refractivity contribution in [2.45, 2.75) is 55.5 Å². The number of para-hydroxylation sites is 1. The van der Waals surface area contributed by atoms with E-state index in [0.29, 0.717) is 29.3 Å². The van der Waals surface area contributed by atoms with Crippen LogP contribution in [0.15, 0.2) is 58.6 Å². The number of benzene rings is 2. The summed E-state index contributed by atoms with van der Waals surface area (Å²) in [7, 11) is -3.50.